The Bertz CT molecular complexity index is 783. The normalized spacial score (nSPS) is 10.7. The van der Waals surface area contributed by atoms with Crippen molar-refractivity contribution in [2.75, 3.05) is 0 Å². The quantitative estimate of drug-likeness (QED) is 0.800. The zero-order valence-corrected chi connectivity index (χ0v) is 12.3. The lowest BCUT2D eigenvalue weighted by Gasteiger charge is -2.06. The summed E-state index contributed by atoms with van der Waals surface area (Å²) in [6.07, 6.45) is 0. The smallest absolute Gasteiger partial charge is 0.358 e. The highest BCUT2D eigenvalue weighted by molar-refractivity contribution is 7.16. The van der Waals surface area contributed by atoms with E-state index in [1.54, 1.807) is 10.7 Å². The Hall–Kier alpha value is -2.18. The third kappa shape index (κ3) is 2.81. The van der Waals surface area contributed by atoms with Crippen molar-refractivity contribution < 1.29 is 9.90 Å². The fourth-order valence-corrected chi connectivity index (χ4v) is 3.10. The molecule has 0 saturated carbocycles. The second-order valence-electron chi connectivity index (χ2n) is 4.32. The highest BCUT2D eigenvalue weighted by Gasteiger charge is 2.20. The van der Waals surface area contributed by atoms with Crippen molar-refractivity contribution in [3.63, 3.8) is 0 Å². The molecule has 0 aliphatic carbocycles. The van der Waals surface area contributed by atoms with Gasteiger partial charge in [-0.3, -0.25) is 0 Å². The molecule has 7 heteroatoms. The highest BCUT2D eigenvalue weighted by atomic mass is 35.5. The Kier molecular flexibility index (Phi) is 3.72. The van der Waals surface area contributed by atoms with Crippen molar-refractivity contribution in [2.45, 2.75) is 6.54 Å². The molecule has 2 aromatic heterocycles. The van der Waals surface area contributed by atoms with Crippen LogP contribution in [0.1, 0.15) is 15.4 Å². The van der Waals surface area contributed by atoms with Gasteiger partial charge < -0.3 is 5.11 Å². The molecule has 1 aromatic carbocycles. The van der Waals surface area contributed by atoms with Crippen LogP contribution < -0.4 is 0 Å². The summed E-state index contributed by atoms with van der Waals surface area (Å²) in [5, 5.41) is 17.0. The summed E-state index contributed by atoms with van der Waals surface area (Å²) >= 11 is 7.35. The molecule has 0 bridgehead atoms. The van der Waals surface area contributed by atoms with Crippen molar-refractivity contribution in [3.05, 3.63) is 57.4 Å². The summed E-state index contributed by atoms with van der Waals surface area (Å²) in [6.45, 7) is 0.432. The molecule has 0 aliphatic rings. The number of carbonyl (C=O) groups is 1. The van der Waals surface area contributed by atoms with Crippen LogP contribution in [0.5, 0.6) is 0 Å². The minimum absolute atomic E-state index is 0.0520. The van der Waals surface area contributed by atoms with E-state index in [4.69, 9.17) is 11.6 Å². The fraction of sp³-hybridized carbons (Fsp3) is 0.0714. The molecule has 1 N–H and O–H groups in total. The van der Waals surface area contributed by atoms with Crippen molar-refractivity contribution in [2.24, 2.45) is 0 Å². The number of nitrogens with zero attached hydrogens (tertiary/aromatic N) is 3. The summed E-state index contributed by atoms with van der Waals surface area (Å²) in [5.41, 5.74) is 1.21. The van der Waals surface area contributed by atoms with Crippen molar-refractivity contribution in [3.8, 4) is 11.3 Å². The van der Waals surface area contributed by atoms with Gasteiger partial charge in [-0.1, -0.05) is 47.1 Å². The Morgan fingerprint density at radius 1 is 1.24 bits per heavy atom. The maximum atomic E-state index is 11.3. The van der Waals surface area contributed by atoms with Crippen LogP contribution in [0, 0.1) is 0 Å². The maximum Gasteiger partial charge on any atom is 0.358 e. The van der Waals surface area contributed by atoms with Crippen LogP contribution in [0.3, 0.4) is 0 Å². The summed E-state index contributed by atoms with van der Waals surface area (Å²) < 4.78 is 2.27. The van der Waals surface area contributed by atoms with Crippen LogP contribution in [-0.4, -0.2) is 26.1 Å². The first-order chi connectivity index (χ1) is 10.1. The minimum atomic E-state index is -1.09. The number of halogens is 1. The Morgan fingerprint density at radius 2 is 2.00 bits per heavy atom. The van der Waals surface area contributed by atoms with Crippen molar-refractivity contribution in [1.29, 1.82) is 0 Å². The molecular weight excluding hydrogens is 310 g/mol. The Labute approximate surface area is 129 Å². The van der Waals surface area contributed by atoms with Crippen LogP contribution in [-0.2, 0) is 6.54 Å². The fourth-order valence-electron chi connectivity index (χ4n) is 2.03. The third-order valence-electron chi connectivity index (χ3n) is 2.92. The lowest BCUT2D eigenvalue weighted by atomic mass is 10.1. The first kappa shape index (κ1) is 13.8. The average molecular weight is 320 g/mol. The summed E-state index contributed by atoms with van der Waals surface area (Å²) in [4.78, 5) is 12.3. The number of thiophene rings is 1. The molecule has 3 rings (SSSR count). The predicted octanol–water partition coefficient (Wildman–Crippen LogP) is 3.41. The standard InChI is InChI=1S/C14H10ClN3O2S/c15-11-7-6-10(21-11)8-18-13(9-4-2-1-3-5-9)12(14(19)20)16-17-18/h1-7H,8H2,(H,19,20). The lowest BCUT2D eigenvalue weighted by molar-refractivity contribution is 0.0691. The molecule has 0 saturated heterocycles. The predicted molar refractivity (Wildman–Crippen MR) is 80.8 cm³/mol. The molecule has 2 heterocycles. The number of aromatic carboxylic acids is 1. The molecule has 0 amide bonds. The van der Waals surface area contributed by atoms with Crippen LogP contribution in [0.4, 0.5) is 0 Å². The van der Waals surface area contributed by atoms with Gasteiger partial charge in [0.15, 0.2) is 5.69 Å². The molecular formula is C14H10ClN3O2S. The van der Waals surface area contributed by atoms with E-state index in [9.17, 15) is 9.90 Å². The lowest BCUT2D eigenvalue weighted by Crippen LogP contribution is -2.05. The number of aromatic nitrogens is 3. The van der Waals surface area contributed by atoms with Gasteiger partial charge >= 0.3 is 5.97 Å². The van der Waals surface area contributed by atoms with E-state index < -0.39 is 5.97 Å². The van der Waals surface area contributed by atoms with E-state index in [0.29, 0.717) is 16.6 Å². The number of hydrogen-bond acceptors (Lipinski definition) is 4. The molecule has 21 heavy (non-hydrogen) atoms. The van der Waals surface area contributed by atoms with Gasteiger partial charge in [0, 0.05) is 10.4 Å². The number of benzene rings is 1. The minimum Gasteiger partial charge on any atom is -0.476 e. The SMILES string of the molecule is O=C(O)c1nnn(Cc2ccc(Cl)s2)c1-c1ccccc1. The van der Waals surface area contributed by atoms with Crippen LogP contribution in [0.25, 0.3) is 11.3 Å². The first-order valence-electron chi connectivity index (χ1n) is 6.11. The van der Waals surface area contributed by atoms with E-state index in [1.807, 2.05) is 36.4 Å². The second kappa shape index (κ2) is 5.67. The van der Waals surface area contributed by atoms with Gasteiger partial charge in [0.25, 0.3) is 0 Å². The molecule has 5 nitrogen and oxygen atoms in total. The maximum absolute atomic E-state index is 11.3. The zero-order chi connectivity index (χ0) is 14.8. The van der Waals surface area contributed by atoms with Crippen LogP contribution >= 0.6 is 22.9 Å². The second-order valence-corrected chi connectivity index (χ2v) is 6.12. The molecule has 0 radical (unpaired) electrons. The third-order valence-corrected chi connectivity index (χ3v) is 4.14. The molecule has 0 aliphatic heterocycles. The van der Waals surface area contributed by atoms with Gasteiger partial charge in [0.2, 0.25) is 0 Å². The zero-order valence-electron chi connectivity index (χ0n) is 10.7. The van der Waals surface area contributed by atoms with E-state index >= 15 is 0 Å². The van der Waals surface area contributed by atoms with E-state index in [2.05, 4.69) is 10.3 Å². The molecule has 0 atom stereocenters. The van der Waals surface area contributed by atoms with Gasteiger partial charge in [0.1, 0.15) is 5.69 Å². The van der Waals surface area contributed by atoms with Gasteiger partial charge in [-0.2, -0.15) is 0 Å². The summed E-state index contributed by atoms with van der Waals surface area (Å²) in [7, 11) is 0. The highest BCUT2D eigenvalue weighted by Crippen LogP contribution is 2.26. The summed E-state index contributed by atoms with van der Waals surface area (Å²) in [6, 6.07) is 12.9. The molecule has 0 spiro atoms. The van der Waals surface area contributed by atoms with E-state index in [-0.39, 0.29) is 5.69 Å². The molecule has 0 fully saturated rings. The largest absolute Gasteiger partial charge is 0.476 e. The topological polar surface area (TPSA) is 68.0 Å². The summed E-state index contributed by atoms with van der Waals surface area (Å²) in [5.74, 6) is -1.09. The Morgan fingerprint density at radius 3 is 2.62 bits per heavy atom. The first-order valence-corrected chi connectivity index (χ1v) is 7.31. The van der Waals surface area contributed by atoms with Crippen LogP contribution in [0.15, 0.2) is 42.5 Å². The average Bonchev–Trinajstić information content (AvgIpc) is 3.07. The number of rotatable bonds is 4. The van der Waals surface area contributed by atoms with Crippen molar-refractivity contribution >= 4 is 28.9 Å². The van der Waals surface area contributed by atoms with Gasteiger partial charge in [-0.25, -0.2) is 9.48 Å². The molecule has 0 unspecified atom stereocenters. The molecule has 106 valence electrons. The van der Waals surface area contributed by atoms with Gasteiger partial charge in [0.05, 0.1) is 10.9 Å². The number of carboxylic acid groups (broad SMARTS) is 1. The molecule has 3 aromatic rings. The van der Waals surface area contributed by atoms with E-state index in [0.717, 1.165) is 10.4 Å². The number of hydrogen-bond donors (Lipinski definition) is 1. The van der Waals surface area contributed by atoms with Gasteiger partial charge in [-0.15, -0.1) is 16.4 Å². The van der Waals surface area contributed by atoms with Gasteiger partial charge in [-0.05, 0) is 12.1 Å². The monoisotopic (exact) mass is 319 g/mol. The van der Waals surface area contributed by atoms with Crippen molar-refractivity contribution in [1.82, 2.24) is 15.0 Å². The Balaban J connectivity index is 2.07. The van der Waals surface area contributed by atoms with Crippen LogP contribution in [0.2, 0.25) is 4.34 Å². The number of carboxylic acids is 1. The van der Waals surface area contributed by atoms with E-state index in [1.165, 1.54) is 11.3 Å².